The number of carboxylic acid groups (broad SMARTS) is 1. The zero-order valence-electron chi connectivity index (χ0n) is 25.6. The summed E-state index contributed by atoms with van der Waals surface area (Å²) in [6.07, 6.45) is 10.1. The minimum Gasteiger partial charge on any atom is -0.485 e. The summed E-state index contributed by atoms with van der Waals surface area (Å²) in [6.45, 7) is 0.687. The number of carboxylic acids is 1. The molecule has 236 valence electrons. The largest absolute Gasteiger partial charge is 0.485 e. The second-order valence-electron chi connectivity index (χ2n) is 10.8. The molecule has 0 saturated carbocycles. The molecule has 8 nitrogen and oxygen atoms in total. The van der Waals surface area contributed by atoms with Crippen LogP contribution in [0, 0.1) is 0 Å². The molecule has 0 aliphatic rings. The molecule has 0 aliphatic heterocycles. The van der Waals surface area contributed by atoms with Crippen molar-refractivity contribution in [1.29, 1.82) is 0 Å². The van der Waals surface area contributed by atoms with Crippen LogP contribution in [0.5, 0.6) is 23.0 Å². The molecule has 0 amide bonds. The number of nitrogens with zero attached hydrogens (tertiary/aromatic N) is 3. The van der Waals surface area contributed by atoms with Gasteiger partial charge in [0.1, 0.15) is 19.0 Å². The standard InChI is InChI=1S/C39H29N3O5S/c43-39(44)32(29-15-17-40-18-16-29)22-37-38(47-31-13-11-30(12-14-31)42-20-19-41-26-42)33-21-34(45-24-27-7-3-1-4-8-27)35(23-36(33)48-37)46-25-28-9-5-2-6-10-28/h1-23,26H,24-25H2,(H,43,44)/b32-22+. The first-order chi connectivity index (χ1) is 23.6. The average Bonchev–Trinajstić information content (AvgIpc) is 3.78. The van der Waals surface area contributed by atoms with Crippen LogP contribution in [0.4, 0.5) is 0 Å². The average molecular weight is 652 g/mol. The lowest BCUT2D eigenvalue weighted by atomic mass is 10.1. The summed E-state index contributed by atoms with van der Waals surface area (Å²) in [5, 5.41) is 11.0. The molecule has 48 heavy (non-hydrogen) atoms. The van der Waals surface area contributed by atoms with Crippen molar-refractivity contribution in [3.8, 4) is 28.7 Å². The maximum Gasteiger partial charge on any atom is 0.336 e. The zero-order valence-corrected chi connectivity index (χ0v) is 26.4. The monoisotopic (exact) mass is 651 g/mol. The topological polar surface area (TPSA) is 95.7 Å². The number of hydrogen-bond acceptors (Lipinski definition) is 7. The molecular formula is C39H29N3O5S. The number of aliphatic carboxylic acids is 1. The Bertz CT molecular complexity index is 2160. The maximum atomic E-state index is 12.5. The summed E-state index contributed by atoms with van der Waals surface area (Å²) < 4.78 is 22.0. The first kappa shape index (κ1) is 30.5. The molecule has 0 spiro atoms. The summed E-state index contributed by atoms with van der Waals surface area (Å²) in [7, 11) is 0. The number of imidazole rings is 1. The third-order valence-corrected chi connectivity index (χ3v) is 8.65. The molecule has 0 saturated heterocycles. The Labute approximate surface area is 280 Å². The maximum absolute atomic E-state index is 12.5. The van der Waals surface area contributed by atoms with Crippen molar-refractivity contribution in [3.63, 3.8) is 0 Å². The zero-order chi connectivity index (χ0) is 32.7. The lowest BCUT2D eigenvalue weighted by Gasteiger charge is -2.14. The second kappa shape index (κ2) is 14.1. The fraction of sp³-hybridized carbons (Fsp3) is 0.0513. The van der Waals surface area contributed by atoms with E-state index < -0.39 is 5.97 Å². The quantitative estimate of drug-likeness (QED) is 0.132. The Morgan fingerprint density at radius 2 is 1.42 bits per heavy atom. The van der Waals surface area contributed by atoms with Crippen molar-refractivity contribution < 1.29 is 24.1 Å². The number of benzene rings is 4. The van der Waals surface area contributed by atoms with Gasteiger partial charge in [-0.15, -0.1) is 11.3 Å². The molecule has 3 heterocycles. The van der Waals surface area contributed by atoms with Crippen LogP contribution >= 0.6 is 11.3 Å². The van der Waals surface area contributed by atoms with Crippen LogP contribution < -0.4 is 14.2 Å². The number of pyridine rings is 1. The van der Waals surface area contributed by atoms with Crippen molar-refractivity contribution in [1.82, 2.24) is 14.5 Å². The molecule has 9 heteroatoms. The highest BCUT2D eigenvalue weighted by atomic mass is 32.1. The van der Waals surface area contributed by atoms with E-state index in [0.717, 1.165) is 26.9 Å². The summed E-state index contributed by atoms with van der Waals surface area (Å²) in [4.78, 5) is 21.3. The van der Waals surface area contributed by atoms with E-state index in [-0.39, 0.29) is 5.57 Å². The molecule has 0 radical (unpaired) electrons. The van der Waals surface area contributed by atoms with Gasteiger partial charge in [-0.1, -0.05) is 60.7 Å². The van der Waals surface area contributed by atoms with Crippen LogP contribution in [0.15, 0.2) is 140 Å². The minimum atomic E-state index is -1.06. The number of aromatic nitrogens is 3. The van der Waals surface area contributed by atoms with Crippen LogP contribution in [-0.4, -0.2) is 25.6 Å². The van der Waals surface area contributed by atoms with Gasteiger partial charge in [0, 0.05) is 46.6 Å². The summed E-state index contributed by atoms with van der Waals surface area (Å²) in [5.74, 6) is 1.15. The fourth-order valence-corrected chi connectivity index (χ4v) is 6.23. The molecule has 4 aromatic carbocycles. The molecule has 7 aromatic rings. The van der Waals surface area contributed by atoms with Gasteiger partial charge in [0.05, 0.1) is 16.8 Å². The molecular weight excluding hydrogens is 623 g/mol. The van der Waals surface area contributed by atoms with Gasteiger partial charge < -0.3 is 23.9 Å². The number of rotatable bonds is 12. The summed E-state index contributed by atoms with van der Waals surface area (Å²) in [5.41, 5.74) is 3.61. The number of ether oxygens (including phenoxy) is 3. The van der Waals surface area contributed by atoms with Gasteiger partial charge in [-0.05, 0) is 65.2 Å². The van der Waals surface area contributed by atoms with E-state index in [0.29, 0.717) is 46.7 Å². The van der Waals surface area contributed by atoms with Gasteiger partial charge in [-0.25, -0.2) is 9.78 Å². The Balaban J connectivity index is 1.33. The highest BCUT2D eigenvalue weighted by Gasteiger charge is 2.21. The first-order valence-corrected chi connectivity index (χ1v) is 16.0. The van der Waals surface area contributed by atoms with E-state index in [2.05, 4.69) is 9.97 Å². The molecule has 3 aromatic heterocycles. The van der Waals surface area contributed by atoms with E-state index in [4.69, 9.17) is 14.2 Å². The minimum absolute atomic E-state index is 0.116. The molecule has 0 unspecified atom stereocenters. The van der Waals surface area contributed by atoms with Crippen LogP contribution in [0.2, 0.25) is 0 Å². The Kier molecular flexibility index (Phi) is 8.93. The highest BCUT2D eigenvalue weighted by molar-refractivity contribution is 7.20. The summed E-state index contributed by atoms with van der Waals surface area (Å²) in [6, 6.07) is 34.7. The van der Waals surface area contributed by atoms with Crippen molar-refractivity contribution in [2.24, 2.45) is 0 Å². The van der Waals surface area contributed by atoms with E-state index in [1.165, 1.54) is 11.3 Å². The highest BCUT2D eigenvalue weighted by Crippen LogP contribution is 2.47. The van der Waals surface area contributed by atoms with Gasteiger partial charge in [0.15, 0.2) is 17.2 Å². The third-order valence-electron chi connectivity index (χ3n) is 7.56. The molecule has 0 atom stereocenters. The predicted molar refractivity (Wildman–Crippen MR) is 187 cm³/mol. The second-order valence-corrected chi connectivity index (χ2v) is 11.9. The van der Waals surface area contributed by atoms with E-state index >= 15 is 0 Å². The van der Waals surface area contributed by atoms with Crippen molar-refractivity contribution >= 4 is 39.0 Å². The summed E-state index contributed by atoms with van der Waals surface area (Å²) >= 11 is 1.42. The molecule has 1 N–H and O–H groups in total. The van der Waals surface area contributed by atoms with Gasteiger partial charge >= 0.3 is 5.97 Å². The number of thiophene rings is 1. The van der Waals surface area contributed by atoms with Gasteiger partial charge in [0.25, 0.3) is 0 Å². The van der Waals surface area contributed by atoms with E-state index in [9.17, 15) is 9.90 Å². The van der Waals surface area contributed by atoms with E-state index in [1.807, 2.05) is 108 Å². The first-order valence-electron chi connectivity index (χ1n) is 15.2. The molecule has 0 aliphatic carbocycles. The van der Waals surface area contributed by atoms with Gasteiger partial charge in [-0.2, -0.15) is 0 Å². The smallest absolute Gasteiger partial charge is 0.336 e. The fourth-order valence-electron chi connectivity index (χ4n) is 5.14. The van der Waals surface area contributed by atoms with Crippen LogP contribution in [-0.2, 0) is 18.0 Å². The van der Waals surface area contributed by atoms with E-state index in [1.54, 1.807) is 43.1 Å². The Morgan fingerprint density at radius 3 is 2.02 bits per heavy atom. The number of carbonyl (C=O) groups is 1. The SMILES string of the molecule is O=C(O)/C(=C/c1sc2cc(OCc3ccccc3)c(OCc3ccccc3)cc2c1Oc1ccc(-n2ccnc2)cc1)c1ccncc1. The van der Waals surface area contributed by atoms with Crippen LogP contribution in [0.3, 0.4) is 0 Å². The third kappa shape index (κ3) is 6.96. The normalized spacial score (nSPS) is 11.4. The van der Waals surface area contributed by atoms with Gasteiger partial charge in [0.2, 0.25) is 0 Å². The Morgan fingerprint density at radius 1 is 0.771 bits per heavy atom. The molecule has 0 bridgehead atoms. The van der Waals surface area contributed by atoms with Gasteiger partial charge in [-0.3, -0.25) is 4.98 Å². The lowest BCUT2D eigenvalue weighted by molar-refractivity contribution is -0.130. The van der Waals surface area contributed by atoms with Crippen molar-refractivity contribution in [2.75, 3.05) is 0 Å². The molecule has 7 rings (SSSR count). The van der Waals surface area contributed by atoms with Crippen LogP contribution in [0.25, 0.3) is 27.4 Å². The predicted octanol–water partition coefficient (Wildman–Crippen LogP) is 9.06. The van der Waals surface area contributed by atoms with Crippen molar-refractivity contribution in [2.45, 2.75) is 13.2 Å². The van der Waals surface area contributed by atoms with Crippen LogP contribution in [0.1, 0.15) is 21.6 Å². The Hall–Kier alpha value is -6.19. The lowest BCUT2D eigenvalue weighted by Crippen LogP contribution is -2.00. The molecule has 0 fully saturated rings. The number of hydrogen-bond donors (Lipinski definition) is 1. The number of fused-ring (bicyclic) bond motifs is 1. The van der Waals surface area contributed by atoms with Crippen molar-refractivity contribution in [3.05, 3.63) is 162 Å².